The summed E-state index contributed by atoms with van der Waals surface area (Å²) in [6, 6.07) is 0. The van der Waals surface area contributed by atoms with Crippen molar-refractivity contribution in [3.05, 3.63) is 0 Å². The van der Waals surface area contributed by atoms with E-state index in [9.17, 15) is 14.4 Å². The molecule has 1 amide bonds. The van der Waals surface area contributed by atoms with E-state index in [0.717, 1.165) is 4.90 Å². The van der Waals surface area contributed by atoms with Crippen LogP contribution in [0.15, 0.2) is 0 Å². The van der Waals surface area contributed by atoms with Gasteiger partial charge in [-0.25, -0.2) is 4.79 Å². The van der Waals surface area contributed by atoms with Crippen molar-refractivity contribution >= 4 is 17.8 Å². The Bertz CT molecular complexity index is 302. The summed E-state index contributed by atoms with van der Waals surface area (Å²) < 4.78 is 0. The molecule has 1 saturated heterocycles. The number of hydrogen-bond donors (Lipinski definition) is 3. The number of aliphatic hydroxyl groups is 1. The van der Waals surface area contributed by atoms with Gasteiger partial charge in [0.15, 0.2) is 6.10 Å². The van der Waals surface area contributed by atoms with E-state index in [-0.39, 0.29) is 19.5 Å². The van der Waals surface area contributed by atoms with Crippen LogP contribution in [-0.2, 0) is 14.4 Å². The molecule has 0 aliphatic carbocycles. The maximum Gasteiger partial charge on any atom is 0.334 e. The third kappa shape index (κ3) is 2.66. The second-order valence-corrected chi connectivity index (χ2v) is 3.39. The molecule has 0 radical (unpaired) electrons. The molecule has 0 spiro atoms. The zero-order valence-electron chi connectivity index (χ0n) is 7.79. The molecule has 7 heteroatoms. The van der Waals surface area contributed by atoms with Crippen molar-refractivity contribution in [3.8, 4) is 0 Å². The number of aliphatic hydroxyl groups excluding tert-OH is 1. The van der Waals surface area contributed by atoms with Gasteiger partial charge in [-0.1, -0.05) is 0 Å². The molecule has 1 heterocycles. The van der Waals surface area contributed by atoms with Crippen LogP contribution in [0.4, 0.5) is 0 Å². The Morgan fingerprint density at radius 3 is 2.47 bits per heavy atom. The topological polar surface area (TPSA) is 115 Å². The molecule has 3 N–H and O–H groups in total. The molecule has 1 fully saturated rings. The lowest BCUT2D eigenvalue weighted by Crippen LogP contribution is -2.38. The summed E-state index contributed by atoms with van der Waals surface area (Å²) in [4.78, 5) is 33.1. The van der Waals surface area contributed by atoms with Crippen LogP contribution in [0.3, 0.4) is 0 Å². The number of carboxylic acids is 2. The van der Waals surface area contributed by atoms with E-state index in [2.05, 4.69) is 0 Å². The fourth-order valence-electron chi connectivity index (χ4n) is 1.40. The van der Waals surface area contributed by atoms with E-state index in [1.165, 1.54) is 0 Å². The first-order chi connectivity index (χ1) is 6.91. The third-order valence-electron chi connectivity index (χ3n) is 2.24. The molecule has 15 heavy (non-hydrogen) atoms. The maximum absolute atomic E-state index is 11.2. The molecule has 0 aromatic heterocycles. The van der Waals surface area contributed by atoms with Crippen LogP contribution in [0.1, 0.15) is 6.42 Å². The second kappa shape index (κ2) is 4.26. The number of amides is 1. The van der Waals surface area contributed by atoms with Gasteiger partial charge >= 0.3 is 11.9 Å². The summed E-state index contributed by atoms with van der Waals surface area (Å²) in [7, 11) is 0. The van der Waals surface area contributed by atoms with Crippen molar-refractivity contribution in [2.75, 3.05) is 13.1 Å². The zero-order chi connectivity index (χ0) is 11.6. The number of carbonyl (C=O) groups is 3. The Morgan fingerprint density at radius 2 is 2.07 bits per heavy atom. The number of carbonyl (C=O) groups excluding carboxylic acids is 1. The van der Waals surface area contributed by atoms with Crippen molar-refractivity contribution in [3.63, 3.8) is 0 Å². The molecule has 0 aromatic carbocycles. The lowest BCUT2D eigenvalue weighted by atomic mass is 10.1. The molecule has 7 nitrogen and oxygen atoms in total. The van der Waals surface area contributed by atoms with Gasteiger partial charge in [-0.05, 0) is 0 Å². The SMILES string of the molecule is O=C(O)C1CC(=O)N(C[C@H](O)C(=O)O)C1. The molecule has 0 saturated carbocycles. The summed E-state index contributed by atoms with van der Waals surface area (Å²) in [5.74, 6) is -3.77. The Morgan fingerprint density at radius 1 is 1.47 bits per heavy atom. The third-order valence-corrected chi connectivity index (χ3v) is 2.24. The van der Waals surface area contributed by atoms with Crippen LogP contribution in [0.2, 0.25) is 0 Å². The quantitative estimate of drug-likeness (QED) is 0.520. The number of hydrogen-bond acceptors (Lipinski definition) is 4. The van der Waals surface area contributed by atoms with Crippen LogP contribution in [-0.4, -0.2) is 57.3 Å². The molecule has 84 valence electrons. The summed E-state index contributed by atoms with van der Waals surface area (Å²) >= 11 is 0. The summed E-state index contributed by atoms with van der Waals surface area (Å²) in [6.07, 6.45) is -1.80. The first-order valence-electron chi connectivity index (χ1n) is 4.33. The van der Waals surface area contributed by atoms with Crippen LogP contribution in [0, 0.1) is 5.92 Å². The Labute approximate surface area is 84.9 Å². The average Bonchev–Trinajstić information content (AvgIpc) is 2.47. The minimum atomic E-state index is -1.67. The van der Waals surface area contributed by atoms with Crippen LogP contribution < -0.4 is 0 Å². The first kappa shape index (κ1) is 11.4. The van der Waals surface area contributed by atoms with Crippen molar-refractivity contribution in [1.82, 2.24) is 4.90 Å². The minimum Gasteiger partial charge on any atom is -0.481 e. The van der Waals surface area contributed by atoms with Gasteiger partial charge in [-0.3, -0.25) is 9.59 Å². The predicted molar refractivity (Wildman–Crippen MR) is 46.0 cm³/mol. The van der Waals surface area contributed by atoms with E-state index < -0.39 is 29.9 Å². The van der Waals surface area contributed by atoms with Gasteiger partial charge in [-0.2, -0.15) is 0 Å². The van der Waals surface area contributed by atoms with Gasteiger partial charge in [-0.15, -0.1) is 0 Å². The van der Waals surface area contributed by atoms with E-state index in [0.29, 0.717) is 0 Å². The van der Waals surface area contributed by atoms with Gasteiger partial charge in [0.2, 0.25) is 5.91 Å². The Balaban J connectivity index is 2.54. The highest BCUT2D eigenvalue weighted by Crippen LogP contribution is 2.17. The summed E-state index contributed by atoms with van der Waals surface area (Å²) in [5, 5.41) is 26.0. The summed E-state index contributed by atoms with van der Waals surface area (Å²) in [6.45, 7) is -0.406. The Hall–Kier alpha value is -1.63. The van der Waals surface area contributed by atoms with Gasteiger partial charge < -0.3 is 20.2 Å². The highest BCUT2D eigenvalue weighted by molar-refractivity contribution is 5.86. The molecule has 1 rings (SSSR count). The van der Waals surface area contributed by atoms with Crippen molar-refractivity contribution in [2.24, 2.45) is 5.92 Å². The van der Waals surface area contributed by atoms with Crippen molar-refractivity contribution in [1.29, 1.82) is 0 Å². The van der Waals surface area contributed by atoms with Gasteiger partial charge in [0.1, 0.15) is 0 Å². The average molecular weight is 217 g/mol. The maximum atomic E-state index is 11.2. The molecule has 1 aliphatic heterocycles. The summed E-state index contributed by atoms with van der Waals surface area (Å²) in [5.41, 5.74) is 0. The first-order valence-corrected chi connectivity index (χ1v) is 4.33. The van der Waals surface area contributed by atoms with Crippen LogP contribution >= 0.6 is 0 Å². The Kier molecular flexibility index (Phi) is 3.25. The largest absolute Gasteiger partial charge is 0.481 e. The molecular weight excluding hydrogens is 206 g/mol. The fraction of sp³-hybridized carbons (Fsp3) is 0.625. The van der Waals surface area contributed by atoms with Crippen molar-refractivity contribution < 1.29 is 29.7 Å². The molecule has 0 bridgehead atoms. The van der Waals surface area contributed by atoms with E-state index in [4.69, 9.17) is 15.3 Å². The second-order valence-electron chi connectivity index (χ2n) is 3.39. The van der Waals surface area contributed by atoms with Gasteiger partial charge in [0.05, 0.1) is 12.5 Å². The van der Waals surface area contributed by atoms with E-state index in [1.54, 1.807) is 0 Å². The molecule has 2 atom stereocenters. The van der Waals surface area contributed by atoms with Gasteiger partial charge in [0, 0.05) is 13.0 Å². The molecular formula is C8H11NO6. The molecule has 1 unspecified atom stereocenters. The smallest absolute Gasteiger partial charge is 0.334 e. The normalized spacial score (nSPS) is 22.9. The highest BCUT2D eigenvalue weighted by atomic mass is 16.4. The zero-order valence-corrected chi connectivity index (χ0v) is 7.79. The fourth-order valence-corrected chi connectivity index (χ4v) is 1.40. The number of β-amino-alcohol motifs (C(OH)–C–C–N with tert-alkyl or cyclic N) is 1. The lowest BCUT2D eigenvalue weighted by Gasteiger charge is -2.17. The molecule has 0 aromatic rings. The predicted octanol–water partition coefficient (Wildman–Crippen LogP) is -1.63. The number of rotatable bonds is 4. The molecule has 1 aliphatic rings. The number of carboxylic acid groups (broad SMARTS) is 2. The minimum absolute atomic E-state index is 0.0431. The lowest BCUT2D eigenvalue weighted by molar-refractivity contribution is -0.148. The highest BCUT2D eigenvalue weighted by Gasteiger charge is 2.35. The van der Waals surface area contributed by atoms with E-state index in [1.807, 2.05) is 0 Å². The number of aliphatic carboxylic acids is 2. The van der Waals surface area contributed by atoms with E-state index >= 15 is 0 Å². The standard InChI is InChI=1S/C8H11NO6/c10-5(8(14)15)3-9-2-4(7(12)13)1-6(9)11/h4-5,10H,1-3H2,(H,12,13)(H,14,15)/t4?,5-/m0/s1. The van der Waals surface area contributed by atoms with Crippen LogP contribution in [0.25, 0.3) is 0 Å². The van der Waals surface area contributed by atoms with Gasteiger partial charge in [0.25, 0.3) is 0 Å². The number of nitrogens with zero attached hydrogens (tertiary/aromatic N) is 1. The monoisotopic (exact) mass is 217 g/mol. The van der Waals surface area contributed by atoms with Crippen molar-refractivity contribution in [2.45, 2.75) is 12.5 Å². The number of likely N-dealkylation sites (tertiary alicyclic amines) is 1. The van der Waals surface area contributed by atoms with Crippen LogP contribution in [0.5, 0.6) is 0 Å².